The van der Waals surface area contributed by atoms with Gasteiger partial charge in [-0.15, -0.1) is 0 Å². The fraction of sp³-hybridized carbons (Fsp3) is 0.625. The third kappa shape index (κ3) is 5.96. The molecule has 0 bridgehead atoms. The zero-order valence-electron chi connectivity index (χ0n) is 12.6. The third-order valence-corrected chi connectivity index (χ3v) is 4.04. The Bertz CT molecular complexity index is 390. The minimum atomic E-state index is 0.357. The average Bonchev–Trinajstić information content (AvgIpc) is 2.37. The summed E-state index contributed by atoms with van der Waals surface area (Å²) in [6, 6.07) is 6.23. The fourth-order valence-electron chi connectivity index (χ4n) is 2.14. The molecule has 0 saturated carbocycles. The number of halogens is 1. The van der Waals surface area contributed by atoms with E-state index in [1.807, 2.05) is 12.1 Å². The molecule has 0 fully saturated rings. The van der Waals surface area contributed by atoms with Crippen LogP contribution in [0.3, 0.4) is 0 Å². The molecule has 3 heteroatoms. The third-order valence-electron chi connectivity index (χ3n) is 3.54. The van der Waals surface area contributed by atoms with Gasteiger partial charge in [-0.25, -0.2) is 0 Å². The minimum absolute atomic E-state index is 0.357. The second-order valence-electron chi connectivity index (χ2n) is 5.72. The van der Waals surface area contributed by atoms with E-state index in [4.69, 9.17) is 4.74 Å². The Hall–Kier alpha value is -0.540. The number of hydrogen-bond donors (Lipinski definition) is 1. The Kier molecular flexibility index (Phi) is 6.87. The van der Waals surface area contributed by atoms with Gasteiger partial charge in [0.25, 0.3) is 0 Å². The van der Waals surface area contributed by atoms with Crippen molar-refractivity contribution in [2.75, 3.05) is 20.2 Å². The van der Waals surface area contributed by atoms with E-state index >= 15 is 0 Å². The van der Waals surface area contributed by atoms with Crippen molar-refractivity contribution >= 4 is 15.9 Å². The first-order chi connectivity index (χ1) is 8.98. The molecule has 19 heavy (non-hydrogen) atoms. The van der Waals surface area contributed by atoms with Gasteiger partial charge >= 0.3 is 0 Å². The van der Waals surface area contributed by atoms with E-state index in [0.717, 1.165) is 29.7 Å². The number of benzene rings is 1. The van der Waals surface area contributed by atoms with Crippen molar-refractivity contribution < 1.29 is 4.74 Å². The summed E-state index contributed by atoms with van der Waals surface area (Å²) in [6.07, 6.45) is 3.43. The Balaban J connectivity index is 2.57. The number of rotatable bonds is 8. The van der Waals surface area contributed by atoms with Crippen LogP contribution in [0.4, 0.5) is 0 Å². The lowest BCUT2D eigenvalue weighted by molar-refractivity contribution is 0.301. The predicted molar refractivity (Wildman–Crippen MR) is 86.0 cm³/mol. The fourth-order valence-corrected chi connectivity index (χ4v) is 2.55. The molecule has 2 nitrogen and oxygen atoms in total. The highest BCUT2D eigenvalue weighted by molar-refractivity contribution is 9.10. The number of aryl methyl sites for hydroxylation is 1. The van der Waals surface area contributed by atoms with Crippen molar-refractivity contribution in [1.29, 1.82) is 0 Å². The number of nitrogens with one attached hydrogen (secondary N) is 1. The van der Waals surface area contributed by atoms with Gasteiger partial charge in [0, 0.05) is 4.47 Å². The lowest BCUT2D eigenvalue weighted by atomic mass is 9.83. The van der Waals surface area contributed by atoms with E-state index < -0.39 is 0 Å². The molecule has 1 aromatic carbocycles. The Morgan fingerprint density at radius 1 is 1.26 bits per heavy atom. The average molecular weight is 328 g/mol. The van der Waals surface area contributed by atoms with Gasteiger partial charge in [0.05, 0.1) is 7.11 Å². The Morgan fingerprint density at radius 2 is 2.00 bits per heavy atom. The highest BCUT2D eigenvalue weighted by Crippen LogP contribution is 2.30. The van der Waals surface area contributed by atoms with Crippen LogP contribution in [0.1, 0.15) is 39.2 Å². The summed E-state index contributed by atoms with van der Waals surface area (Å²) in [5.41, 5.74) is 1.64. The summed E-state index contributed by atoms with van der Waals surface area (Å²) in [4.78, 5) is 0. The quantitative estimate of drug-likeness (QED) is 0.714. The van der Waals surface area contributed by atoms with Crippen LogP contribution in [0, 0.1) is 5.41 Å². The van der Waals surface area contributed by atoms with E-state index in [2.05, 4.69) is 48.1 Å². The summed E-state index contributed by atoms with van der Waals surface area (Å²) in [5, 5.41) is 3.40. The van der Waals surface area contributed by atoms with Crippen LogP contribution in [0.25, 0.3) is 0 Å². The van der Waals surface area contributed by atoms with Crippen LogP contribution in [0.5, 0.6) is 5.75 Å². The van der Waals surface area contributed by atoms with Gasteiger partial charge in [-0.05, 0) is 61.5 Å². The summed E-state index contributed by atoms with van der Waals surface area (Å²) < 4.78 is 6.55. The molecule has 0 heterocycles. The molecular formula is C16H26BrNO. The lowest BCUT2D eigenvalue weighted by Gasteiger charge is -2.25. The normalized spacial score (nSPS) is 11.6. The van der Waals surface area contributed by atoms with Gasteiger partial charge in [-0.2, -0.15) is 0 Å². The predicted octanol–water partition coefficient (Wildman–Crippen LogP) is 4.42. The van der Waals surface area contributed by atoms with Gasteiger partial charge in [0.2, 0.25) is 0 Å². The van der Waals surface area contributed by atoms with E-state index in [-0.39, 0.29) is 0 Å². The van der Waals surface area contributed by atoms with E-state index in [1.54, 1.807) is 7.11 Å². The zero-order chi connectivity index (χ0) is 14.3. The van der Waals surface area contributed by atoms with Crippen molar-refractivity contribution in [2.45, 2.75) is 40.0 Å². The van der Waals surface area contributed by atoms with Crippen LogP contribution in [-0.2, 0) is 6.42 Å². The van der Waals surface area contributed by atoms with Gasteiger partial charge in [0.15, 0.2) is 0 Å². The summed E-state index contributed by atoms with van der Waals surface area (Å²) >= 11 is 3.53. The molecule has 0 aromatic heterocycles. The van der Waals surface area contributed by atoms with Gasteiger partial charge in [-0.1, -0.05) is 36.7 Å². The smallest absolute Gasteiger partial charge is 0.122 e. The molecule has 0 radical (unpaired) electrons. The second kappa shape index (κ2) is 7.91. The van der Waals surface area contributed by atoms with Crippen molar-refractivity contribution in [3.05, 3.63) is 28.2 Å². The SMILES string of the molecule is CCNCCC(C)(C)CCc1cc(Br)ccc1OC. The van der Waals surface area contributed by atoms with Crippen molar-refractivity contribution in [1.82, 2.24) is 5.32 Å². The van der Waals surface area contributed by atoms with Gasteiger partial charge in [0.1, 0.15) is 5.75 Å². The molecule has 1 aromatic rings. The summed E-state index contributed by atoms with van der Waals surface area (Å²) in [7, 11) is 1.74. The minimum Gasteiger partial charge on any atom is -0.496 e. The molecular weight excluding hydrogens is 302 g/mol. The van der Waals surface area contributed by atoms with Gasteiger partial charge in [-0.3, -0.25) is 0 Å². The highest BCUT2D eigenvalue weighted by Gasteiger charge is 2.18. The molecule has 0 aliphatic rings. The molecule has 0 amide bonds. The molecule has 1 rings (SSSR count). The lowest BCUT2D eigenvalue weighted by Crippen LogP contribution is -2.22. The van der Waals surface area contributed by atoms with Crippen LogP contribution in [-0.4, -0.2) is 20.2 Å². The topological polar surface area (TPSA) is 21.3 Å². The summed E-state index contributed by atoms with van der Waals surface area (Å²) in [5.74, 6) is 0.991. The molecule has 108 valence electrons. The number of ether oxygens (including phenoxy) is 1. The standard InChI is InChI=1S/C16H26BrNO/c1-5-18-11-10-16(2,3)9-8-13-12-14(17)6-7-15(13)19-4/h6-7,12,18H,5,8-11H2,1-4H3. The van der Waals surface area contributed by atoms with E-state index in [0.29, 0.717) is 5.41 Å². The van der Waals surface area contributed by atoms with Crippen LogP contribution >= 0.6 is 15.9 Å². The first kappa shape index (κ1) is 16.5. The summed E-state index contributed by atoms with van der Waals surface area (Å²) in [6.45, 7) is 8.98. The largest absolute Gasteiger partial charge is 0.496 e. The van der Waals surface area contributed by atoms with Crippen molar-refractivity contribution in [2.24, 2.45) is 5.41 Å². The van der Waals surface area contributed by atoms with E-state index in [1.165, 1.54) is 18.4 Å². The maximum Gasteiger partial charge on any atom is 0.122 e. The van der Waals surface area contributed by atoms with Crippen molar-refractivity contribution in [3.8, 4) is 5.75 Å². The number of hydrogen-bond acceptors (Lipinski definition) is 2. The van der Waals surface area contributed by atoms with Gasteiger partial charge < -0.3 is 10.1 Å². The van der Waals surface area contributed by atoms with Crippen LogP contribution in [0.15, 0.2) is 22.7 Å². The Morgan fingerprint density at radius 3 is 2.63 bits per heavy atom. The zero-order valence-corrected chi connectivity index (χ0v) is 14.1. The Labute approximate surface area is 126 Å². The van der Waals surface area contributed by atoms with Crippen LogP contribution < -0.4 is 10.1 Å². The maximum absolute atomic E-state index is 5.43. The monoisotopic (exact) mass is 327 g/mol. The molecule has 0 saturated heterocycles. The van der Waals surface area contributed by atoms with E-state index in [9.17, 15) is 0 Å². The molecule has 0 aliphatic carbocycles. The number of methoxy groups -OCH3 is 1. The van der Waals surface area contributed by atoms with Crippen LogP contribution in [0.2, 0.25) is 0 Å². The molecule has 0 atom stereocenters. The first-order valence-corrected chi connectivity index (χ1v) is 7.81. The molecule has 0 aliphatic heterocycles. The maximum atomic E-state index is 5.43. The molecule has 0 unspecified atom stereocenters. The second-order valence-corrected chi connectivity index (χ2v) is 6.64. The first-order valence-electron chi connectivity index (χ1n) is 7.01. The molecule has 0 spiro atoms. The highest BCUT2D eigenvalue weighted by atomic mass is 79.9. The molecule has 1 N–H and O–H groups in total. The van der Waals surface area contributed by atoms with Crippen molar-refractivity contribution in [3.63, 3.8) is 0 Å².